The Hall–Kier alpha value is -4.13. The quantitative estimate of drug-likeness (QED) is 0.369. The molecule has 1 aliphatic rings. The molecule has 2 aromatic heterocycles. The third-order valence-electron chi connectivity index (χ3n) is 6.72. The number of ether oxygens (including phenoxy) is 1. The smallest absolute Gasteiger partial charge is 0.340 e. The molecule has 0 saturated carbocycles. The van der Waals surface area contributed by atoms with Gasteiger partial charge in [-0.25, -0.2) is 9.48 Å². The number of fused-ring (bicyclic) bond motifs is 1. The predicted molar refractivity (Wildman–Crippen MR) is 138 cm³/mol. The van der Waals surface area contributed by atoms with Crippen LogP contribution in [0.3, 0.4) is 0 Å². The van der Waals surface area contributed by atoms with Gasteiger partial charge in [0.25, 0.3) is 0 Å². The fourth-order valence-corrected chi connectivity index (χ4v) is 4.78. The molecule has 1 N–H and O–H groups in total. The average molecular weight is 468 g/mol. The summed E-state index contributed by atoms with van der Waals surface area (Å²) in [6.07, 6.45) is 10.3. The molecule has 0 fully saturated rings. The normalized spacial score (nSPS) is 14.7. The van der Waals surface area contributed by atoms with Crippen LogP contribution >= 0.6 is 0 Å². The Labute approximate surface area is 205 Å². The number of carbonyl (C=O) groups is 1. The largest absolute Gasteiger partial charge is 0.465 e. The van der Waals surface area contributed by atoms with Crippen molar-refractivity contribution < 1.29 is 9.53 Å². The fraction of sp³-hybridized carbons (Fsp3) is 0.250. The highest BCUT2D eigenvalue weighted by atomic mass is 16.5. The summed E-state index contributed by atoms with van der Waals surface area (Å²) in [5.41, 5.74) is 7.32. The molecular formula is C28H29N5O2. The zero-order chi connectivity index (χ0) is 24.2. The Morgan fingerprint density at radius 2 is 1.97 bits per heavy atom. The fourth-order valence-electron chi connectivity index (χ4n) is 4.78. The van der Waals surface area contributed by atoms with Gasteiger partial charge in [-0.1, -0.05) is 6.07 Å². The van der Waals surface area contributed by atoms with Crippen LogP contribution in [-0.2, 0) is 11.2 Å². The second-order valence-electron chi connectivity index (χ2n) is 8.79. The molecule has 2 heterocycles. The maximum absolute atomic E-state index is 12.1. The van der Waals surface area contributed by atoms with Crippen LogP contribution in [0.15, 0.2) is 79.4 Å². The number of pyridine rings is 1. The van der Waals surface area contributed by atoms with E-state index in [9.17, 15) is 4.79 Å². The van der Waals surface area contributed by atoms with Gasteiger partial charge in [0.1, 0.15) is 0 Å². The number of aryl methyl sites for hydroxylation is 1. The highest BCUT2D eigenvalue weighted by Crippen LogP contribution is 2.35. The molecule has 178 valence electrons. The van der Waals surface area contributed by atoms with Crippen LogP contribution in [0, 0.1) is 0 Å². The predicted octanol–water partition coefficient (Wildman–Crippen LogP) is 5.35. The summed E-state index contributed by atoms with van der Waals surface area (Å²) in [7, 11) is 3.50. The second-order valence-corrected chi connectivity index (χ2v) is 8.79. The van der Waals surface area contributed by atoms with Gasteiger partial charge in [0.05, 0.1) is 30.2 Å². The summed E-state index contributed by atoms with van der Waals surface area (Å²) in [6, 6.07) is 18.8. The average Bonchev–Trinajstić information content (AvgIpc) is 3.46. The van der Waals surface area contributed by atoms with E-state index >= 15 is 0 Å². The first-order valence-electron chi connectivity index (χ1n) is 11.9. The summed E-state index contributed by atoms with van der Waals surface area (Å²) in [6.45, 7) is 0.743. The van der Waals surface area contributed by atoms with Crippen LogP contribution in [0.2, 0.25) is 0 Å². The van der Waals surface area contributed by atoms with Crippen LogP contribution in [0.5, 0.6) is 0 Å². The zero-order valence-electron chi connectivity index (χ0n) is 20.0. The second kappa shape index (κ2) is 10.0. The van der Waals surface area contributed by atoms with Crippen LogP contribution in [0.25, 0.3) is 5.69 Å². The van der Waals surface area contributed by atoms with E-state index in [0.29, 0.717) is 17.2 Å². The monoisotopic (exact) mass is 467 g/mol. The van der Waals surface area contributed by atoms with Gasteiger partial charge in [-0.2, -0.15) is 5.10 Å². The molecule has 0 spiro atoms. The molecule has 1 atom stereocenters. The summed E-state index contributed by atoms with van der Waals surface area (Å²) in [5.74, 6) is 0.0152. The van der Waals surface area contributed by atoms with Crippen molar-refractivity contribution in [3.63, 3.8) is 0 Å². The first kappa shape index (κ1) is 22.7. The lowest BCUT2D eigenvalue weighted by atomic mass is 9.82. The number of rotatable bonds is 7. The maximum Gasteiger partial charge on any atom is 0.340 e. The number of carbonyl (C=O) groups excluding carboxylic acids is 1. The number of esters is 1. The van der Waals surface area contributed by atoms with Crippen molar-refractivity contribution in [3.05, 3.63) is 96.1 Å². The van der Waals surface area contributed by atoms with Gasteiger partial charge in [-0.3, -0.25) is 4.98 Å². The molecule has 4 aromatic rings. The maximum atomic E-state index is 12.1. The van der Waals surface area contributed by atoms with E-state index in [2.05, 4.69) is 69.8 Å². The van der Waals surface area contributed by atoms with E-state index in [-0.39, 0.29) is 5.97 Å². The molecule has 0 saturated heterocycles. The number of methoxy groups -OCH3 is 1. The Morgan fingerprint density at radius 1 is 1.14 bits per heavy atom. The summed E-state index contributed by atoms with van der Waals surface area (Å²) in [4.78, 5) is 18.5. The van der Waals surface area contributed by atoms with Crippen molar-refractivity contribution in [2.45, 2.75) is 25.2 Å². The first-order chi connectivity index (χ1) is 17.1. The Kier molecular flexibility index (Phi) is 6.48. The van der Waals surface area contributed by atoms with Gasteiger partial charge < -0.3 is 15.0 Å². The van der Waals surface area contributed by atoms with Crippen LogP contribution in [0.4, 0.5) is 17.1 Å². The van der Waals surface area contributed by atoms with Gasteiger partial charge in [-0.05, 0) is 78.9 Å². The lowest BCUT2D eigenvalue weighted by Gasteiger charge is -2.28. The van der Waals surface area contributed by atoms with Crippen LogP contribution < -0.4 is 10.2 Å². The summed E-state index contributed by atoms with van der Waals surface area (Å²) in [5, 5.41) is 7.74. The Morgan fingerprint density at radius 3 is 2.74 bits per heavy atom. The highest BCUT2D eigenvalue weighted by Gasteiger charge is 2.22. The number of anilines is 3. The third-order valence-corrected chi connectivity index (χ3v) is 6.72. The number of nitrogens with zero attached hydrogens (tertiary/aromatic N) is 4. The summed E-state index contributed by atoms with van der Waals surface area (Å²) < 4.78 is 6.76. The molecule has 7 nitrogen and oxygen atoms in total. The van der Waals surface area contributed by atoms with Gasteiger partial charge in [0.15, 0.2) is 0 Å². The number of hydrogen-bond donors (Lipinski definition) is 1. The highest BCUT2D eigenvalue weighted by molar-refractivity contribution is 5.95. The van der Waals surface area contributed by atoms with Gasteiger partial charge >= 0.3 is 5.97 Å². The van der Waals surface area contributed by atoms with E-state index in [1.54, 1.807) is 24.7 Å². The van der Waals surface area contributed by atoms with Crippen molar-refractivity contribution in [2.75, 3.05) is 30.9 Å². The van der Waals surface area contributed by atoms with Crippen molar-refractivity contribution in [2.24, 2.45) is 0 Å². The number of benzene rings is 2. The number of hydrogen-bond acceptors (Lipinski definition) is 6. The molecule has 35 heavy (non-hydrogen) atoms. The number of aromatic nitrogens is 3. The SMILES string of the molecule is COC(=O)c1ccncc1NC[C@@H]1CCCc2cc(N(C)c3ccc(-n4cccn4)cc3)ccc21. The van der Waals surface area contributed by atoms with Crippen LogP contribution in [-0.4, -0.2) is 41.4 Å². The molecular weight excluding hydrogens is 438 g/mol. The molecule has 2 aromatic carbocycles. The Bertz CT molecular complexity index is 1300. The van der Waals surface area contributed by atoms with Crippen molar-refractivity contribution in [1.82, 2.24) is 14.8 Å². The topological polar surface area (TPSA) is 72.3 Å². The van der Waals surface area contributed by atoms with E-state index in [1.807, 2.05) is 16.9 Å². The van der Waals surface area contributed by atoms with Gasteiger partial charge in [0, 0.05) is 49.5 Å². The van der Waals surface area contributed by atoms with Crippen molar-refractivity contribution in [1.29, 1.82) is 0 Å². The minimum atomic E-state index is -0.357. The molecule has 1 aliphatic carbocycles. The Balaban J connectivity index is 1.31. The van der Waals surface area contributed by atoms with Crippen molar-refractivity contribution in [3.8, 4) is 5.69 Å². The van der Waals surface area contributed by atoms with Crippen molar-refractivity contribution >= 4 is 23.0 Å². The van der Waals surface area contributed by atoms with E-state index < -0.39 is 0 Å². The molecule has 0 amide bonds. The lowest BCUT2D eigenvalue weighted by Crippen LogP contribution is -2.20. The third kappa shape index (κ3) is 4.75. The summed E-state index contributed by atoms with van der Waals surface area (Å²) >= 11 is 0. The molecule has 0 aliphatic heterocycles. The molecule has 7 heteroatoms. The molecule has 0 unspecified atom stereocenters. The molecule has 5 rings (SSSR count). The van der Waals surface area contributed by atoms with Gasteiger partial charge in [0.2, 0.25) is 0 Å². The first-order valence-corrected chi connectivity index (χ1v) is 11.9. The molecule has 0 radical (unpaired) electrons. The minimum Gasteiger partial charge on any atom is -0.465 e. The standard InChI is InChI=1S/C28H29N5O2/c1-32(22-7-9-23(10-8-22)33-16-4-14-31-33)24-11-12-25-20(17-24)5-3-6-21(25)18-30-27-19-29-15-13-26(27)28(34)35-2/h4,7-17,19,21,30H,3,5-6,18H2,1-2H3/t21-/m0/s1. The lowest BCUT2D eigenvalue weighted by molar-refractivity contribution is 0.0601. The zero-order valence-corrected chi connectivity index (χ0v) is 20.0. The van der Waals surface area contributed by atoms with Gasteiger partial charge in [-0.15, -0.1) is 0 Å². The molecule has 0 bridgehead atoms. The van der Waals surface area contributed by atoms with Crippen LogP contribution in [0.1, 0.15) is 40.2 Å². The van der Waals surface area contributed by atoms with E-state index in [4.69, 9.17) is 4.74 Å². The van der Waals surface area contributed by atoms with E-state index in [0.717, 1.165) is 37.2 Å². The minimum absolute atomic E-state index is 0.357. The number of nitrogens with one attached hydrogen (secondary N) is 1. The van der Waals surface area contributed by atoms with E-state index in [1.165, 1.54) is 23.9 Å².